The molecule has 11 heavy (non-hydrogen) atoms. The van der Waals surface area contributed by atoms with Crippen molar-refractivity contribution >= 4 is 0 Å². The Morgan fingerprint density at radius 1 is 1.55 bits per heavy atom. The molecule has 1 saturated heterocycles. The van der Waals surface area contributed by atoms with E-state index in [2.05, 4.69) is 11.5 Å². The summed E-state index contributed by atoms with van der Waals surface area (Å²) in [6.07, 6.45) is 1.12. The molecule has 0 aliphatic carbocycles. The standard InChI is InChI=1S/C7H14N2.C2H6/c1-6(2)9-4-3-7(8)5-9;1-2/h7H,1,3-5,8H2,2H3;1-2H3. The van der Waals surface area contributed by atoms with Gasteiger partial charge in [-0.25, -0.2) is 0 Å². The Balaban J connectivity index is 0.000000461. The molecule has 2 heteroatoms. The summed E-state index contributed by atoms with van der Waals surface area (Å²) in [5.41, 5.74) is 6.82. The molecule has 0 spiro atoms. The third-order valence-corrected chi connectivity index (χ3v) is 1.76. The largest absolute Gasteiger partial charge is 0.374 e. The van der Waals surface area contributed by atoms with Gasteiger partial charge < -0.3 is 10.6 Å². The maximum absolute atomic E-state index is 5.68. The summed E-state index contributed by atoms with van der Waals surface area (Å²) < 4.78 is 0. The summed E-state index contributed by atoms with van der Waals surface area (Å²) >= 11 is 0. The van der Waals surface area contributed by atoms with Crippen LogP contribution >= 0.6 is 0 Å². The molecule has 1 atom stereocenters. The van der Waals surface area contributed by atoms with Crippen LogP contribution < -0.4 is 5.73 Å². The van der Waals surface area contributed by atoms with Gasteiger partial charge in [0, 0.05) is 24.8 Å². The van der Waals surface area contributed by atoms with Crippen molar-refractivity contribution in [1.29, 1.82) is 0 Å². The predicted molar refractivity (Wildman–Crippen MR) is 50.3 cm³/mol. The fraction of sp³-hybridized carbons (Fsp3) is 0.778. The minimum absolute atomic E-state index is 0.377. The molecule has 2 N–H and O–H groups in total. The first kappa shape index (κ1) is 10.5. The quantitative estimate of drug-likeness (QED) is 0.624. The zero-order valence-corrected chi connectivity index (χ0v) is 7.93. The zero-order valence-electron chi connectivity index (χ0n) is 7.93. The monoisotopic (exact) mass is 156 g/mol. The molecule has 1 unspecified atom stereocenters. The highest BCUT2D eigenvalue weighted by atomic mass is 15.2. The van der Waals surface area contributed by atoms with Gasteiger partial charge >= 0.3 is 0 Å². The molecule has 2 nitrogen and oxygen atoms in total. The molecule has 1 aliphatic heterocycles. The lowest BCUT2D eigenvalue weighted by Gasteiger charge is -2.16. The molecule has 1 aliphatic rings. The summed E-state index contributed by atoms with van der Waals surface area (Å²) in [5, 5.41) is 0. The van der Waals surface area contributed by atoms with Crippen molar-refractivity contribution in [3.05, 3.63) is 12.3 Å². The topological polar surface area (TPSA) is 29.3 Å². The van der Waals surface area contributed by atoms with E-state index < -0.39 is 0 Å². The number of hydrogen-bond acceptors (Lipinski definition) is 2. The van der Waals surface area contributed by atoms with Crippen LogP contribution in [-0.2, 0) is 0 Å². The Morgan fingerprint density at radius 2 is 2.09 bits per heavy atom. The first-order valence-corrected chi connectivity index (χ1v) is 4.36. The van der Waals surface area contributed by atoms with Gasteiger partial charge in [0.2, 0.25) is 0 Å². The van der Waals surface area contributed by atoms with Gasteiger partial charge in [-0.2, -0.15) is 0 Å². The normalized spacial score (nSPS) is 22.5. The van der Waals surface area contributed by atoms with E-state index in [-0.39, 0.29) is 0 Å². The van der Waals surface area contributed by atoms with E-state index >= 15 is 0 Å². The maximum Gasteiger partial charge on any atom is 0.0327 e. The van der Waals surface area contributed by atoms with Gasteiger partial charge in [0.15, 0.2) is 0 Å². The minimum atomic E-state index is 0.377. The predicted octanol–water partition coefficient (Wildman–Crippen LogP) is 1.58. The van der Waals surface area contributed by atoms with Gasteiger partial charge in [0.1, 0.15) is 0 Å². The molecule has 0 aromatic carbocycles. The Hall–Kier alpha value is -0.500. The van der Waals surface area contributed by atoms with Crippen LogP contribution in [0.5, 0.6) is 0 Å². The summed E-state index contributed by atoms with van der Waals surface area (Å²) in [5.74, 6) is 0. The third kappa shape index (κ3) is 3.42. The lowest BCUT2D eigenvalue weighted by Crippen LogP contribution is -2.24. The SMILES string of the molecule is C=C(C)N1CCC(N)C1.CC. The summed E-state index contributed by atoms with van der Waals surface area (Å²) in [6.45, 7) is 12.0. The molecule has 1 rings (SSSR count). The molecule has 0 saturated carbocycles. The van der Waals surface area contributed by atoms with Gasteiger partial charge in [0.05, 0.1) is 0 Å². The van der Waals surface area contributed by atoms with Crippen molar-refractivity contribution in [2.24, 2.45) is 5.73 Å². The minimum Gasteiger partial charge on any atom is -0.374 e. The van der Waals surface area contributed by atoms with Crippen LogP contribution in [0.1, 0.15) is 27.2 Å². The van der Waals surface area contributed by atoms with E-state index in [4.69, 9.17) is 5.73 Å². The van der Waals surface area contributed by atoms with Crippen LogP contribution in [0.4, 0.5) is 0 Å². The Bertz CT molecular complexity index is 121. The van der Waals surface area contributed by atoms with Crippen LogP contribution in [0.3, 0.4) is 0 Å². The lowest BCUT2D eigenvalue weighted by molar-refractivity contribution is 0.423. The second-order valence-electron chi connectivity index (χ2n) is 2.73. The molecule has 0 aromatic rings. The van der Waals surface area contributed by atoms with Crippen molar-refractivity contribution in [2.75, 3.05) is 13.1 Å². The third-order valence-electron chi connectivity index (χ3n) is 1.76. The second-order valence-corrected chi connectivity index (χ2v) is 2.73. The van der Waals surface area contributed by atoms with Crippen LogP contribution in [0, 0.1) is 0 Å². The van der Waals surface area contributed by atoms with Crippen molar-refractivity contribution in [3.8, 4) is 0 Å². The first-order chi connectivity index (χ1) is 5.20. The number of nitrogens with zero attached hydrogens (tertiary/aromatic N) is 1. The number of allylic oxidation sites excluding steroid dienone is 1. The number of likely N-dealkylation sites (tertiary alicyclic amines) is 1. The molecular weight excluding hydrogens is 136 g/mol. The molecule has 0 amide bonds. The number of rotatable bonds is 1. The highest BCUT2D eigenvalue weighted by molar-refractivity contribution is 4.94. The molecule has 66 valence electrons. The number of hydrogen-bond donors (Lipinski definition) is 1. The van der Waals surface area contributed by atoms with Crippen LogP contribution in [0.15, 0.2) is 12.3 Å². The first-order valence-electron chi connectivity index (χ1n) is 4.36. The highest BCUT2D eigenvalue weighted by Crippen LogP contribution is 2.11. The van der Waals surface area contributed by atoms with Crippen LogP contribution in [0.2, 0.25) is 0 Å². The lowest BCUT2D eigenvalue weighted by atomic mass is 10.3. The number of nitrogens with two attached hydrogens (primary N) is 1. The Kier molecular flexibility index (Phi) is 4.95. The molecule has 1 fully saturated rings. The maximum atomic E-state index is 5.68. The molecule has 0 radical (unpaired) electrons. The fourth-order valence-electron chi connectivity index (χ4n) is 1.13. The second kappa shape index (κ2) is 5.19. The van der Waals surface area contributed by atoms with E-state index in [9.17, 15) is 0 Å². The van der Waals surface area contributed by atoms with E-state index in [0.717, 1.165) is 25.2 Å². The molecular formula is C9H20N2. The van der Waals surface area contributed by atoms with Crippen LogP contribution in [-0.4, -0.2) is 24.0 Å². The van der Waals surface area contributed by atoms with Gasteiger partial charge in [-0.1, -0.05) is 20.4 Å². The molecule has 1 heterocycles. The summed E-state index contributed by atoms with van der Waals surface area (Å²) in [7, 11) is 0. The Labute approximate surface area is 70.1 Å². The van der Waals surface area contributed by atoms with E-state index in [1.54, 1.807) is 0 Å². The van der Waals surface area contributed by atoms with Gasteiger partial charge in [0.25, 0.3) is 0 Å². The van der Waals surface area contributed by atoms with Crippen molar-refractivity contribution in [2.45, 2.75) is 33.2 Å². The fourth-order valence-corrected chi connectivity index (χ4v) is 1.13. The molecule has 0 aromatic heterocycles. The van der Waals surface area contributed by atoms with Crippen molar-refractivity contribution < 1.29 is 0 Å². The highest BCUT2D eigenvalue weighted by Gasteiger charge is 2.17. The molecule has 0 bridgehead atoms. The van der Waals surface area contributed by atoms with Crippen LogP contribution in [0.25, 0.3) is 0 Å². The summed E-state index contributed by atoms with van der Waals surface area (Å²) in [4.78, 5) is 2.23. The van der Waals surface area contributed by atoms with Gasteiger partial charge in [-0.05, 0) is 13.3 Å². The van der Waals surface area contributed by atoms with Crippen molar-refractivity contribution in [3.63, 3.8) is 0 Å². The van der Waals surface area contributed by atoms with Gasteiger partial charge in [-0.3, -0.25) is 0 Å². The average Bonchev–Trinajstić information content (AvgIpc) is 2.40. The smallest absolute Gasteiger partial charge is 0.0327 e. The van der Waals surface area contributed by atoms with E-state index in [1.807, 2.05) is 20.8 Å². The summed E-state index contributed by atoms with van der Waals surface area (Å²) in [6, 6.07) is 0.377. The van der Waals surface area contributed by atoms with E-state index in [1.165, 1.54) is 0 Å². The van der Waals surface area contributed by atoms with E-state index in [0.29, 0.717) is 6.04 Å². The average molecular weight is 156 g/mol. The van der Waals surface area contributed by atoms with Crippen molar-refractivity contribution in [1.82, 2.24) is 4.90 Å². The zero-order chi connectivity index (χ0) is 8.85. The van der Waals surface area contributed by atoms with Gasteiger partial charge in [-0.15, -0.1) is 0 Å². The Morgan fingerprint density at radius 3 is 2.27 bits per heavy atom.